The Hall–Kier alpha value is -0.460. The monoisotopic (exact) mass is 444 g/mol. The molecule has 31 heavy (non-hydrogen) atoms. The van der Waals surface area contributed by atoms with Crippen LogP contribution in [0.5, 0.6) is 0 Å². The van der Waals surface area contributed by atoms with E-state index in [0.717, 1.165) is 30.6 Å². The minimum absolute atomic E-state index is 0.0566. The molecule has 5 atom stereocenters. The quantitative estimate of drug-likeness (QED) is 0.159. The SMILES string of the molecule is C/C(=C\CCOCC(O)C(O)C(O)CO)CCCC(C)CCCC(C)CCCC(C)C. The lowest BCUT2D eigenvalue weighted by molar-refractivity contribution is -0.0992. The van der Waals surface area contributed by atoms with Gasteiger partial charge in [0.2, 0.25) is 0 Å². The van der Waals surface area contributed by atoms with Gasteiger partial charge in [0.25, 0.3) is 0 Å². The van der Waals surface area contributed by atoms with E-state index in [1.165, 1.54) is 56.9 Å². The van der Waals surface area contributed by atoms with Crippen LogP contribution in [0, 0.1) is 17.8 Å². The fourth-order valence-electron chi connectivity index (χ4n) is 3.87. The van der Waals surface area contributed by atoms with Gasteiger partial charge >= 0.3 is 0 Å². The second kappa shape index (κ2) is 19.0. The van der Waals surface area contributed by atoms with Crippen LogP contribution in [-0.4, -0.2) is 58.6 Å². The van der Waals surface area contributed by atoms with Crippen molar-refractivity contribution in [3.63, 3.8) is 0 Å². The summed E-state index contributed by atoms with van der Waals surface area (Å²) in [6.07, 6.45) is 10.8. The normalized spacial score (nSPS) is 17.5. The largest absolute Gasteiger partial charge is 0.394 e. The number of aliphatic hydroxyl groups excluding tert-OH is 4. The van der Waals surface area contributed by atoms with Gasteiger partial charge in [-0.1, -0.05) is 84.3 Å². The summed E-state index contributed by atoms with van der Waals surface area (Å²) in [5, 5.41) is 37.3. The highest BCUT2D eigenvalue weighted by molar-refractivity contribution is 4.97. The van der Waals surface area contributed by atoms with Gasteiger partial charge in [-0.2, -0.15) is 0 Å². The van der Waals surface area contributed by atoms with Gasteiger partial charge in [0.1, 0.15) is 18.3 Å². The predicted octanol–water partition coefficient (Wildman–Crippen LogP) is 4.85. The second-order valence-electron chi connectivity index (χ2n) is 10.1. The molecule has 5 heteroatoms. The van der Waals surface area contributed by atoms with Crippen LogP contribution in [0.15, 0.2) is 11.6 Å². The zero-order chi connectivity index (χ0) is 23.6. The minimum Gasteiger partial charge on any atom is -0.394 e. The van der Waals surface area contributed by atoms with Crippen LogP contribution in [0.1, 0.15) is 98.8 Å². The molecule has 0 saturated heterocycles. The van der Waals surface area contributed by atoms with Gasteiger partial charge in [0.05, 0.1) is 19.8 Å². The molecule has 4 N–H and O–H groups in total. The van der Waals surface area contributed by atoms with Crippen molar-refractivity contribution in [2.24, 2.45) is 17.8 Å². The maximum atomic E-state index is 9.68. The maximum Gasteiger partial charge on any atom is 0.110 e. The third-order valence-electron chi connectivity index (χ3n) is 6.16. The average molecular weight is 445 g/mol. The molecule has 0 aliphatic heterocycles. The van der Waals surface area contributed by atoms with Crippen molar-refractivity contribution in [1.82, 2.24) is 0 Å². The van der Waals surface area contributed by atoms with Crippen molar-refractivity contribution in [2.75, 3.05) is 19.8 Å². The summed E-state index contributed by atoms with van der Waals surface area (Å²) in [6, 6.07) is 0. The first-order valence-corrected chi connectivity index (χ1v) is 12.6. The Labute approximate surface area is 191 Å². The summed E-state index contributed by atoms with van der Waals surface area (Å²) in [7, 11) is 0. The molecular weight excluding hydrogens is 392 g/mol. The Kier molecular flexibility index (Phi) is 18.8. The third-order valence-corrected chi connectivity index (χ3v) is 6.16. The van der Waals surface area contributed by atoms with Crippen molar-refractivity contribution in [1.29, 1.82) is 0 Å². The fourth-order valence-corrected chi connectivity index (χ4v) is 3.87. The van der Waals surface area contributed by atoms with Crippen molar-refractivity contribution in [2.45, 2.75) is 117 Å². The van der Waals surface area contributed by atoms with Gasteiger partial charge in [0.15, 0.2) is 0 Å². The molecule has 0 bridgehead atoms. The highest BCUT2D eigenvalue weighted by Crippen LogP contribution is 2.22. The molecule has 0 saturated carbocycles. The molecule has 0 aliphatic rings. The third kappa shape index (κ3) is 17.7. The molecule has 0 aromatic carbocycles. The summed E-state index contributed by atoms with van der Waals surface area (Å²) in [6.45, 7) is 11.4. The smallest absolute Gasteiger partial charge is 0.110 e. The van der Waals surface area contributed by atoms with Crippen LogP contribution in [0.25, 0.3) is 0 Å². The topological polar surface area (TPSA) is 90.2 Å². The van der Waals surface area contributed by atoms with Gasteiger partial charge in [-0.25, -0.2) is 0 Å². The van der Waals surface area contributed by atoms with Crippen molar-refractivity contribution in [3.8, 4) is 0 Å². The van der Waals surface area contributed by atoms with E-state index < -0.39 is 24.9 Å². The molecule has 5 nitrogen and oxygen atoms in total. The van der Waals surface area contributed by atoms with Crippen LogP contribution < -0.4 is 0 Å². The summed E-state index contributed by atoms with van der Waals surface area (Å²) < 4.78 is 5.36. The Morgan fingerprint density at radius 2 is 1.35 bits per heavy atom. The standard InChI is InChI=1S/C26H52O5/c1-20(2)10-6-11-21(3)12-7-13-22(4)14-8-15-23(5)16-9-17-31-19-25(29)26(30)24(28)18-27/h16,20-22,24-30H,6-15,17-19H2,1-5H3/b23-16+. The second-order valence-corrected chi connectivity index (χ2v) is 10.1. The van der Waals surface area contributed by atoms with Crippen LogP contribution in [0.2, 0.25) is 0 Å². The van der Waals surface area contributed by atoms with E-state index in [1.807, 2.05) is 0 Å². The van der Waals surface area contributed by atoms with Gasteiger partial charge in [-0.05, 0) is 43.9 Å². The highest BCUT2D eigenvalue weighted by atomic mass is 16.5. The van der Waals surface area contributed by atoms with E-state index in [-0.39, 0.29) is 6.61 Å². The molecule has 0 spiro atoms. The van der Waals surface area contributed by atoms with E-state index in [0.29, 0.717) is 6.61 Å². The van der Waals surface area contributed by atoms with E-state index in [1.54, 1.807) is 0 Å². The van der Waals surface area contributed by atoms with Gasteiger partial charge in [-0.15, -0.1) is 0 Å². The minimum atomic E-state index is -1.39. The molecule has 0 aromatic heterocycles. The van der Waals surface area contributed by atoms with Crippen LogP contribution in [0.4, 0.5) is 0 Å². The van der Waals surface area contributed by atoms with E-state index in [2.05, 4.69) is 40.7 Å². The van der Waals surface area contributed by atoms with E-state index in [4.69, 9.17) is 9.84 Å². The number of rotatable bonds is 20. The number of ether oxygens (including phenoxy) is 1. The van der Waals surface area contributed by atoms with E-state index >= 15 is 0 Å². The number of allylic oxidation sites excluding steroid dienone is 1. The number of aliphatic hydroxyl groups is 4. The fraction of sp³-hybridized carbons (Fsp3) is 0.923. The van der Waals surface area contributed by atoms with Gasteiger partial charge in [-0.3, -0.25) is 0 Å². The summed E-state index contributed by atoms with van der Waals surface area (Å²) in [5.41, 5.74) is 1.37. The number of hydrogen-bond donors (Lipinski definition) is 4. The van der Waals surface area contributed by atoms with Crippen LogP contribution in [0.3, 0.4) is 0 Å². The molecule has 0 aromatic rings. The molecule has 5 unspecified atom stereocenters. The molecule has 0 fully saturated rings. The van der Waals surface area contributed by atoms with Crippen molar-refractivity contribution in [3.05, 3.63) is 11.6 Å². The first-order chi connectivity index (χ1) is 14.7. The first-order valence-electron chi connectivity index (χ1n) is 12.6. The van der Waals surface area contributed by atoms with Gasteiger partial charge in [0, 0.05) is 0 Å². The molecular formula is C26H52O5. The van der Waals surface area contributed by atoms with Crippen LogP contribution >= 0.6 is 0 Å². The molecule has 0 radical (unpaired) electrons. The Balaban J connectivity index is 3.74. The Bertz CT molecular complexity index is 438. The molecule has 0 aliphatic carbocycles. The lowest BCUT2D eigenvalue weighted by Gasteiger charge is -2.21. The van der Waals surface area contributed by atoms with Gasteiger partial charge < -0.3 is 25.2 Å². The summed E-state index contributed by atoms with van der Waals surface area (Å²) in [4.78, 5) is 0. The first kappa shape index (κ1) is 30.5. The zero-order valence-electron chi connectivity index (χ0n) is 20.9. The van der Waals surface area contributed by atoms with Crippen LogP contribution in [-0.2, 0) is 4.74 Å². The molecule has 0 amide bonds. The average Bonchev–Trinajstić information content (AvgIpc) is 2.71. The Morgan fingerprint density at radius 3 is 1.90 bits per heavy atom. The number of hydrogen-bond acceptors (Lipinski definition) is 5. The molecule has 0 rings (SSSR count). The Morgan fingerprint density at radius 1 is 0.806 bits per heavy atom. The van der Waals surface area contributed by atoms with Crippen molar-refractivity contribution >= 4 is 0 Å². The summed E-state index contributed by atoms with van der Waals surface area (Å²) >= 11 is 0. The van der Waals surface area contributed by atoms with Crippen molar-refractivity contribution < 1.29 is 25.2 Å². The molecule has 0 heterocycles. The maximum absolute atomic E-state index is 9.68. The molecule has 186 valence electrons. The van der Waals surface area contributed by atoms with E-state index in [9.17, 15) is 15.3 Å². The lowest BCUT2D eigenvalue weighted by atomic mass is 9.91. The highest BCUT2D eigenvalue weighted by Gasteiger charge is 2.23. The summed E-state index contributed by atoms with van der Waals surface area (Å²) in [5.74, 6) is 2.49. The lowest BCUT2D eigenvalue weighted by Crippen LogP contribution is -2.41. The zero-order valence-corrected chi connectivity index (χ0v) is 20.9. The predicted molar refractivity (Wildman–Crippen MR) is 129 cm³/mol.